The van der Waals surface area contributed by atoms with Crippen LogP contribution in [-0.2, 0) is 0 Å². The molecular formula is C18H38O2. The predicted octanol–water partition coefficient (Wildman–Crippen LogP) is 5.07. The van der Waals surface area contributed by atoms with E-state index >= 15 is 0 Å². The van der Waals surface area contributed by atoms with Crippen molar-refractivity contribution >= 4 is 0 Å². The van der Waals surface area contributed by atoms with Crippen molar-refractivity contribution in [3.63, 3.8) is 0 Å². The van der Waals surface area contributed by atoms with Crippen LogP contribution >= 0.6 is 0 Å². The monoisotopic (exact) mass is 286 g/mol. The van der Waals surface area contributed by atoms with E-state index in [1.807, 2.05) is 0 Å². The number of aliphatic hydroxyl groups excluding tert-OH is 2. The van der Waals surface area contributed by atoms with Crippen LogP contribution < -0.4 is 0 Å². The molecule has 0 aliphatic rings. The van der Waals surface area contributed by atoms with Gasteiger partial charge in [-0.3, -0.25) is 0 Å². The molecule has 0 aliphatic carbocycles. The molecule has 0 bridgehead atoms. The molecule has 2 heteroatoms. The van der Waals surface area contributed by atoms with Crippen molar-refractivity contribution in [3.05, 3.63) is 0 Å². The third-order valence-corrected chi connectivity index (χ3v) is 4.73. The van der Waals surface area contributed by atoms with E-state index in [2.05, 4.69) is 13.8 Å². The van der Waals surface area contributed by atoms with E-state index in [4.69, 9.17) is 0 Å². The summed E-state index contributed by atoms with van der Waals surface area (Å²) >= 11 is 0. The van der Waals surface area contributed by atoms with Gasteiger partial charge in [-0.15, -0.1) is 0 Å². The highest BCUT2D eigenvalue weighted by atomic mass is 16.3. The summed E-state index contributed by atoms with van der Waals surface area (Å²) in [6.45, 7) is 4.57. The zero-order valence-electron chi connectivity index (χ0n) is 14.0. The lowest BCUT2D eigenvalue weighted by Crippen LogP contribution is -2.28. The summed E-state index contributed by atoms with van der Waals surface area (Å²) in [4.78, 5) is 0. The summed E-state index contributed by atoms with van der Waals surface area (Å²) < 4.78 is 0. The van der Waals surface area contributed by atoms with Gasteiger partial charge in [0.2, 0.25) is 0 Å². The lowest BCUT2D eigenvalue weighted by atomic mass is 9.81. The second kappa shape index (κ2) is 13.9. The van der Waals surface area contributed by atoms with Crippen molar-refractivity contribution in [2.45, 2.75) is 97.3 Å². The molecule has 0 saturated carbocycles. The van der Waals surface area contributed by atoms with Crippen LogP contribution in [0, 0.1) is 5.41 Å². The first-order chi connectivity index (χ1) is 9.74. The van der Waals surface area contributed by atoms with Gasteiger partial charge in [0.05, 0.1) is 13.2 Å². The normalized spacial score (nSPS) is 12.0. The highest BCUT2D eigenvalue weighted by molar-refractivity contribution is 4.75. The maximum atomic E-state index is 9.38. The zero-order chi connectivity index (χ0) is 15.1. The molecule has 0 amide bonds. The minimum atomic E-state index is -0.223. The first-order valence-corrected chi connectivity index (χ1v) is 8.96. The topological polar surface area (TPSA) is 40.5 Å². The first kappa shape index (κ1) is 19.9. The molecule has 0 aromatic carbocycles. The Morgan fingerprint density at radius 3 is 1.35 bits per heavy atom. The van der Waals surface area contributed by atoms with Crippen molar-refractivity contribution in [1.82, 2.24) is 0 Å². The molecule has 122 valence electrons. The van der Waals surface area contributed by atoms with E-state index in [0.29, 0.717) is 0 Å². The van der Waals surface area contributed by atoms with Crippen molar-refractivity contribution in [3.8, 4) is 0 Å². The number of rotatable bonds is 15. The van der Waals surface area contributed by atoms with Gasteiger partial charge in [0.15, 0.2) is 0 Å². The van der Waals surface area contributed by atoms with E-state index in [9.17, 15) is 10.2 Å². The number of unbranched alkanes of at least 4 members (excludes halogenated alkanes) is 10. The van der Waals surface area contributed by atoms with Crippen molar-refractivity contribution in [2.75, 3.05) is 13.2 Å². The van der Waals surface area contributed by atoms with Crippen LogP contribution in [0.1, 0.15) is 97.3 Å². The Morgan fingerprint density at radius 2 is 1.00 bits per heavy atom. The van der Waals surface area contributed by atoms with Gasteiger partial charge in [-0.25, -0.2) is 0 Å². The maximum Gasteiger partial charge on any atom is 0.0509 e. The Labute approximate surface area is 127 Å². The molecule has 0 spiro atoms. The summed E-state index contributed by atoms with van der Waals surface area (Å²) in [7, 11) is 0. The molecule has 2 N–H and O–H groups in total. The molecule has 0 aromatic rings. The Balaban J connectivity index is 3.32. The van der Waals surface area contributed by atoms with E-state index in [1.54, 1.807) is 0 Å². The second-order valence-electron chi connectivity index (χ2n) is 6.46. The Kier molecular flexibility index (Phi) is 13.8. The number of aliphatic hydroxyl groups is 2. The minimum absolute atomic E-state index is 0.123. The Bertz CT molecular complexity index is 180. The summed E-state index contributed by atoms with van der Waals surface area (Å²) in [6, 6.07) is 0. The first-order valence-electron chi connectivity index (χ1n) is 8.96. The molecule has 0 aliphatic heterocycles. The lowest BCUT2D eigenvalue weighted by molar-refractivity contribution is 0.0416. The molecule has 0 rings (SSSR count). The van der Waals surface area contributed by atoms with Crippen LogP contribution in [0.3, 0.4) is 0 Å². The number of hydrogen-bond acceptors (Lipinski definition) is 2. The van der Waals surface area contributed by atoms with Gasteiger partial charge in [-0.2, -0.15) is 0 Å². The fourth-order valence-corrected chi connectivity index (χ4v) is 2.77. The summed E-state index contributed by atoms with van der Waals surface area (Å²) in [6.07, 6.45) is 16.6. The largest absolute Gasteiger partial charge is 0.396 e. The van der Waals surface area contributed by atoms with E-state index in [1.165, 1.54) is 64.2 Å². The second-order valence-corrected chi connectivity index (χ2v) is 6.46. The van der Waals surface area contributed by atoms with Crippen LogP contribution in [-0.4, -0.2) is 23.4 Å². The molecule has 0 aromatic heterocycles. The lowest BCUT2D eigenvalue weighted by Gasteiger charge is -2.28. The Morgan fingerprint density at radius 1 is 0.600 bits per heavy atom. The van der Waals surface area contributed by atoms with Crippen LogP contribution in [0.2, 0.25) is 0 Å². The maximum absolute atomic E-state index is 9.38. The number of hydrogen-bond donors (Lipinski definition) is 2. The van der Waals surface area contributed by atoms with Crippen molar-refractivity contribution < 1.29 is 10.2 Å². The fraction of sp³-hybridized carbons (Fsp3) is 1.00. The molecule has 0 heterocycles. The van der Waals surface area contributed by atoms with Crippen LogP contribution in [0.25, 0.3) is 0 Å². The smallest absolute Gasteiger partial charge is 0.0509 e. The highest BCUT2D eigenvalue weighted by Crippen LogP contribution is 2.28. The van der Waals surface area contributed by atoms with Gasteiger partial charge in [0.1, 0.15) is 0 Å². The summed E-state index contributed by atoms with van der Waals surface area (Å²) in [5.74, 6) is 0. The van der Waals surface area contributed by atoms with Gasteiger partial charge in [0.25, 0.3) is 0 Å². The van der Waals surface area contributed by atoms with Crippen LogP contribution in [0.5, 0.6) is 0 Å². The van der Waals surface area contributed by atoms with Crippen LogP contribution in [0.4, 0.5) is 0 Å². The average molecular weight is 286 g/mol. The zero-order valence-corrected chi connectivity index (χ0v) is 14.0. The molecule has 20 heavy (non-hydrogen) atoms. The standard InChI is InChI=1S/C18H38O2/c1-3-5-6-7-8-9-10-11-12-13-14-15-18(4-2,16-19)17-20/h19-20H,3-17H2,1-2H3. The predicted molar refractivity (Wildman–Crippen MR) is 88.0 cm³/mol. The average Bonchev–Trinajstić information content (AvgIpc) is 2.49. The van der Waals surface area contributed by atoms with Gasteiger partial charge in [0, 0.05) is 5.41 Å². The van der Waals surface area contributed by atoms with Crippen LogP contribution in [0.15, 0.2) is 0 Å². The van der Waals surface area contributed by atoms with Gasteiger partial charge in [-0.05, 0) is 12.8 Å². The molecule has 2 nitrogen and oxygen atoms in total. The fourth-order valence-electron chi connectivity index (χ4n) is 2.77. The van der Waals surface area contributed by atoms with Gasteiger partial charge in [-0.1, -0.05) is 84.5 Å². The van der Waals surface area contributed by atoms with Crippen molar-refractivity contribution in [2.24, 2.45) is 5.41 Å². The van der Waals surface area contributed by atoms with Gasteiger partial charge >= 0.3 is 0 Å². The highest BCUT2D eigenvalue weighted by Gasteiger charge is 2.25. The molecular weight excluding hydrogens is 248 g/mol. The van der Waals surface area contributed by atoms with Crippen molar-refractivity contribution in [1.29, 1.82) is 0 Å². The third-order valence-electron chi connectivity index (χ3n) is 4.73. The Hall–Kier alpha value is -0.0800. The van der Waals surface area contributed by atoms with E-state index < -0.39 is 0 Å². The van der Waals surface area contributed by atoms with Gasteiger partial charge < -0.3 is 10.2 Å². The molecule has 0 fully saturated rings. The molecule has 0 unspecified atom stereocenters. The van der Waals surface area contributed by atoms with E-state index in [-0.39, 0.29) is 18.6 Å². The van der Waals surface area contributed by atoms with E-state index in [0.717, 1.165) is 19.3 Å². The quantitative estimate of drug-likeness (QED) is 0.413. The molecule has 0 radical (unpaired) electrons. The third kappa shape index (κ3) is 9.77. The minimum Gasteiger partial charge on any atom is -0.396 e. The molecule has 0 saturated heterocycles. The summed E-state index contributed by atoms with van der Waals surface area (Å²) in [5, 5.41) is 18.8. The summed E-state index contributed by atoms with van der Waals surface area (Å²) in [5.41, 5.74) is -0.223. The molecule has 0 atom stereocenters. The SMILES string of the molecule is CCCCCCCCCCCCCC(CC)(CO)CO.